The quantitative estimate of drug-likeness (QED) is 0.590. The van der Waals surface area contributed by atoms with Gasteiger partial charge in [-0.05, 0) is 31.5 Å². The van der Waals surface area contributed by atoms with Crippen molar-refractivity contribution in [2.45, 2.75) is 13.8 Å². The molecule has 1 amide bonds. The highest BCUT2D eigenvalue weighted by atomic mass is 16.2. The Hall–Kier alpha value is -2.88. The molecule has 3 rings (SSSR count). The van der Waals surface area contributed by atoms with Crippen LogP contribution in [0, 0.1) is 6.92 Å². The number of carbonyl (C=O) groups is 2. The van der Waals surface area contributed by atoms with Gasteiger partial charge in [0.25, 0.3) is 11.7 Å². The average molecular weight is 306 g/mol. The molecule has 0 atom stereocenters. The van der Waals surface area contributed by atoms with Gasteiger partial charge in [0.15, 0.2) is 0 Å². The number of ketones is 1. The molecule has 0 unspecified atom stereocenters. The summed E-state index contributed by atoms with van der Waals surface area (Å²) in [6.07, 6.45) is 1.61. The number of Topliss-reactive ketones (excluding diaryl/α,β-unsaturated/α-hetero) is 1. The van der Waals surface area contributed by atoms with Crippen molar-refractivity contribution in [3.63, 3.8) is 0 Å². The lowest BCUT2D eigenvalue weighted by Gasteiger charge is -2.22. The summed E-state index contributed by atoms with van der Waals surface area (Å²) in [6, 6.07) is 15.1. The first-order chi connectivity index (χ1) is 11.1. The van der Waals surface area contributed by atoms with Gasteiger partial charge in [-0.15, -0.1) is 0 Å². The molecule has 1 heterocycles. The van der Waals surface area contributed by atoms with E-state index in [1.165, 1.54) is 4.90 Å². The average Bonchev–Trinajstić information content (AvgIpc) is 3.00. The molecule has 1 N–H and O–H groups in total. The Morgan fingerprint density at radius 3 is 2.48 bits per heavy atom. The van der Waals surface area contributed by atoms with E-state index >= 15 is 0 Å². The highest BCUT2D eigenvalue weighted by molar-refractivity contribution is 6.48. The lowest BCUT2D eigenvalue weighted by Crippen LogP contribution is -2.36. The molecule has 0 aliphatic rings. The molecule has 3 aromatic rings. The van der Waals surface area contributed by atoms with Crippen LogP contribution in [-0.2, 0) is 4.79 Å². The van der Waals surface area contributed by atoms with Crippen LogP contribution in [-0.4, -0.2) is 23.2 Å². The second-order valence-corrected chi connectivity index (χ2v) is 5.41. The fourth-order valence-electron chi connectivity index (χ4n) is 2.79. The second-order valence-electron chi connectivity index (χ2n) is 5.41. The fourth-order valence-corrected chi connectivity index (χ4v) is 2.79. The van der Waals surface area contributed by atoms with Crippen molar-refractivity contribution in [3.8, 4) is 0 Å². The zero-order valence-electron chi connectivity index (χ0n) is 13.2. The number of likely N-dealkylation sites (N-methyl/N-ethyl adjacent to an activating group) is 1. The van der Waals surface area contributed by atoms with E-state index in [0.29, 0.717) is 12.1 Å². The van der Waals surface area contributed by atoms with E-state index < -0.39 is 11.7 Å². The van der Waals surface area contributed by atoms with E-state index in [1.807, 2.05) is 62.4 Å². The Kier molecular flexibility index (Phi) is 3.98. The molecule has 4 nitrogen and oxygen atoms in total. The molecule has 1 aromatic heterocycles. The number of aromatic amines is 1. The number of anilines is 1. The number of H-pyrrole nitrogens is 1. The minimum atomic E-state index is -0.508. The van der Waals surface area contributed by atoms with Gasteiger partial charge in [0, 0.05) is 29.3 Å². The van der Waals surface area contributed by atoms with Crippen LogP contribution < -0.4 is 4.90 Å². The van der Waals surface area contributed by atoms with E-state index in [4.69, 9.17) is 0 Å². The third-order valence-corrected chi connectivity index (χ3v) is 4.00. The molecule has 116 valence electrons. The summed E-state index contributed by atoms with van der Waals surface area (Å²) in [5.41, 5.74) is 3.00. The largest absolute Gasteiger partial charge is 0.360 e. The molecule has 0 aliphatic carbocycles. The van der Waals surface area contributed by atoms with Crippen molar-refractivity contribution < 1.29 is 9.59 Å². The van der Waals surface area contributed by atoms with Crippen molar-refractivity contribution in [1.29, 1.82) is 0 Å². The minimum Gasteiger partial charge on any atom is -0.360 e. The Balaban J connectivity index is 1.98. The third kappa shape index (κ3) is 2.63. The number of nitrogens with zero attached hydrogens (tertiary/aromatic N) is 1. The summed E-state index contributed by atoms with van der Waals surface area (Å²) in [7, 11) is 0. The summed E-state index contributed by atoms with van der Waals surface area (Å²) in [6.45, 7) is 4.24. The lowest BCUT2D eigenvalue weighted by molar-refractivity contribution is -0.114. The van der Waals surface area contributed by atoms with Crippen LogP contribution in [0.25, 0.3) is 10.9 Å². The van der Waals surface area contributed by atoms with Gasteiger partial charge in [-0.1, -0.05) is 36.4 Å². The predicted octanol–water partition coefficient (Wildman–Crippen LogP) is 3.71. The normalized spacial score (nSPS) is 10.7. The molecule has 0 bridgehead atoms. The highest BCUT2D eigenvalue weighted by Gasteiger charge is 2.26. The Bertz CT molecular complexity index is 880. The number of nitrogens with one attached hydrogen (secondary N) is 1. The van der Waals surface area contributed by atoms with Crippen molar-refractivity contribution in [2.75, 3.05) is 11.4 Å². The van der Waals surface area contributed by atoms with Crippen molar-refractivity contribution >= 4 is 28.3 Å². The Morgan fingerprint density at radius 2 is 1.74 bits per heavy atom. The first-order valence-electron chi connectivity index (χ1n) is 7.61. The summed E-state index contributed by atoms with van der Waals surface area (Å²) >= 11 is 0. The van der Waals surface area contributed by atoms with Gasteiger partial charge in [-0.3, -0.25) is 9.59 Å². The number of carbonyl (C=O) groups excluding carboxylic acids is 2. The highest BCUT2D eigenvalue weighted by Crippen LogP contribution is 2.23. The van der Waals surface area contributed by atoms with Crippen LogP contribution in [0.15, 0.2) is 54.7 Å². The maximum Gasteiger partial charge on any atom is 0.299 e. The van der Waals surface area contributed by atoms with Gasteiger partial charge in [-0.2, -0.15) is 0 Å². The summed E-state index contributed by atoms with van der Waals surface area (Å²) in [5.74, 6) is -1.00. The first-order valence-corrected chi connectivity index (χ1v) is 7.61. The fraction of sp³-hybridized carbons (Fsp3) is 0.158. The predicted molar refractivity (Wildman–Crippen MR) is 91.8 cm³/mol. The molecular formula is C19H18N2O2. The zero-order chi connectivity index (χ0) is 16.4. The van der Waals surface area contributed by atoms with E-state index in [9.17, 15) is 9.59 Å². The molecule has 0 fully saturated rings. The molecule has 0 saturated carbocycles. The van der Waals surface area contributed by atoms with E-state index in [2.05, 4.69) is 4.98 Å². The maximum absolute atomic E-state index is 12.7. The van der Waals surface area contributed by atoms with Gasteiger partial charge in [0.1, 0.15) is 0 Å². The number of fused-ring (bicyclic) bond motifs is 1. The molecule has 2 aromatic carbocycles. The van der Waals surface area contributed by atoms with Crippen LogP contribution in [0.2, 0.25) is 0 Å². The van der Waals surface area contributed by atoms with Gasteiger partial charge < -0.3 is 9.88 Å². The van der Waals surface area contributed by atoms with E-state index in [1.54, 1.807) is 6.20 Å². The Labute approximate surface area is 134 Å². The zero-order valence-corrected chi connectivity index (χ0v) is 13.2. The molecule has 0 saturated heterocycles. The molecule has 0 aliphatic heterocycles. The van der Waals surface area contributed by atoms with Gasteiger partial charge in [0.05, 0.1) is 5.56 Å². The van der Waals surface area contributed by atoms with Crippen LogP contribution in [0.1, 0.15) is 22.8 Å². The summed E-state index contributed by atoms with van der Waals surface area (Å²) in [5, 5.41) is 0.770. The monoisotopic (exact) mass is 306 g/mol. The van der Waals surface area contributed by atoms with Crippen molar-refractivity contribution in [1.82, 2.24) is 4.98 Å². The molecule has 4 heteroatoms. The number of amides is 1. The van der Waals surface area contributed by atoms with E-state index in [0.717, 1.165) is 22.2 Å². The molecule has 23 heavy (non-hydrogen) atoms. The topological polar surface area (TPSA) is 53.2 Å². The number of benzene rings is 2. The van der Waals surface area contributed by atoms with Crippen molar-refractivity contribution in [3.05, 3.63) is 65.9 Å². The lowest BCUT2D eigenvalue weighted by atomic mass is 10.1. The Morgan fingerprint density at radius 1 is 1.04 bits per heavy atom. The summed E-state index contributed by atoms with van der Waals surface area (Å²) in [4.78, 5) is 30.0. The van der Waals surface area contributed by atoms with Crippen molar-refractivity contribution in [2.24, 2.45) is 0 Å². The number of hydrogen-bond acceptors (Lipinski definition) is 2. The number of hydrogen-bond donors (Lipinski definition) is 1. The second kappa shape index (κ2) is 6.08. The van der Waals surface area contributed by atoms with Crippen LogP contribution in [0.5, 0.6) is 0 Å². The standard InChI is InChI=1S/C19H18N2O2/c1-3-21(17-11-7-4-8-13(17)2)19(23)18(22)15-12-20-16-10-6-5-9-14(15)16/h4-12,20H,3H2,1-2H3. The SMILES string of the molecule is CCN(C(=O)C(=O)c1c[nH]c2ccccc12)c1ccccc1C. The van der Waals surface area contributed by atoms with Gasteiger partial charge in [-0.25, -0.2) is 0 Å². The number of aryl methyl sites for hydroxylation is 1. The van der Waals surface area contributed by atoms with Crippen LogP contribution in [0.4, 0.5) is 5.69 Å². The van der Waals surface area contributed by atoms with Crippen LogP contribution in [0.3, 0.4) is 0 Å². The molecule has 0 spiro atoms. The van der Waals surface area contributed by atoms with Gasteiger partial charge >= 0.3 is 0 Å². The summed E-state index contributed by atoms with van der Waals surface area (Å²) < 4.78 is 0. The first kappa shape index (κ1) is 15.0. The molecular weight excluding hydrogens is 288 g/mol. The minimum absolute atomic E-state index is 0.414. The smallest absolute Gasteiger partial charge is 0.299 e. The number of rotatable bonds is 4. The van der Waals surface area contributed by atoms with Gasteiger partial charge in [0.2, 0.25) is 0 Å². The van der Waals surface area contributed by atoms with Crippen LogP contribution >= 0.6 is 0 Å². The number of para-hydroxylation sites is 2. The van der Waals surface area contributed by atoms with E-state index in [-0.39, 0.29) is 0 Å². The third-order valence-electron chi connectivity index (χ3n) is 4.00. The number of aromatic nitrogens is 1. The maximum atomic E-state index is 12.7. The molecule has 0 radical (unpaired) electrons.